The van der Waals surface area contributed by atoms with Gasteiger partial charge < -0.3 is 9.13 Å². The molecule has 0 radical (unpaired) electrons. The van der Waals surface area contributed by atoms with Gasteiger partial charge in [0.05, 0.1) is 56.7 Å². The smallest absolute Gasteiger partial charge is 0.0991 e. The second-order valence-corrected chi connectivity index (χ2v) is 13.4. The van der Waals surface area contributed by atoms with Crippen molar-refractivity contribution in [2.75, 3.05) is 0 Å². The maximum Gasteiger partial charge on any atom is 0.0991 e. The zero-order chi connectivity index (χ0) is 32.6. The molecule has 0 saturated carbocycles. The lowest BCUT2D eigenvalue weighted by atomic mass is 10.0. The van der Waals surface area contributed by atoms with Crippen molar-refractivity contribution in [1.29, 1.82) is 10.5 Å². The van der Waals surface area contributed by atoms with E-state index in [9.17, 15) is 10.5 Å². The maximum atomic E-state index is 9.74. The van der Waals surface area contributed by atoms with Gasteiger partial charge in [-0.2, -0.15) is 10.5 Å². The fraction of sp³-hybridized carbons (Fsp3) is 0. The summed E-state index contributed by atoms with van der Waals surface area (Å²) in [7, 11) is 0. The Balaban J connectivity index is 1.28. The van der Waals surface area contributed by atoms with Gasteiger partial charge in [0.1, 0.15) is 0 Å². The molecule has 4 nitrogen and oxygen atoms in total. The Bertz CT molecular complexity index is 3010. The van der Waals surface area contributed by atoms with Crippen LogP contribution in [0.4, 0.5) is 0 Å². The highest BCUT2D eigenvalue weighted by Gasteiger charge is 2.22. The van der Waals surface area contributed by atoms with E-state index in [4.69, 9.17) is 0 Å². The summed E-state index contributed by atoms with van der Waals surface area (Å²) in [5, 5.41) is 26.5. The van der Waals surface area contributed by atoms with Crippen molar-refractivity contribution in [2.45, 2.75) is 0 Å². The maximum absolute atomic E-state index is 9.74. The van der Waals surface area contributed by atoms with Gasteiger partial charge in [0.15, 0.2) is 0 Å². The van der Waals surface area contributed by atoms with E-state index in [1.807, 2.05) is 47.7 Å². The minimum atomic E-state index is 0.589. The number of hydrogen-bond acceptors (Lipinski definition) is 3. The molecule has 0 aliphatic carbocycles. The zero-order valence-electron chi connectivity index (χ0n) is 26.1. The molecule has 3 aromatic heterocycles. The number of hydrogen-bond donors (Lipinski definition) is 0. The molecule has 7 aromatic carbocycles. The van der Waals surface area contributed by atoms with Crippen LogP contribution < -0.4 is 0 Å². The van der Waals surface area contributed by atoms with Crippen LogP contribution >= 0.6 is 11.3 Å². The monoisotopic (exact) mass is 640 g/mol. The lowest BCUT2D eigenvalue weighted by Gasteiger charge is -2.18. The molecule has 0 bridgehead atoms. The number of benzene rings is 7. The van der Waals surface area contributed by atoms with Crippen LogP contribution in [-0.4, -0.2) is 9.13 Å². The average Bonchev–Trinajstić information content (AvgIpc) is 3.81. The van der Waals surface area contributed by atoms with E-state index in [1.54, 1.807) is 0 Å². The van der Waals surface area contributed by atoms with Crippen LogP contribution in [0.1, 0.15) is 11.1 Å². The summed E-state index contributed by atoms with van der Waals surface area (Å²) in [5.41, 5.74) is 9.80. The van der Waals surface area contributed by atoms with Crippen molar-refractivity contribution < 1.29 is 0 Å². The topological polar surface area (TPSA) is 57.4 Å². The lowest BCUT2D eigenvalue weighted by molar-refractivity contribution is 1.16. The number of para-hydroxylation sites is 3. The van der Waals surface area contributed by atoms with Gasteiger partial charge in [-0.3, -0.25) is 0 Å². The molecule has 0 aliphatic rings. The summed E-state index contributed by atoms with van der Waals surface area (Å²) in [4.78, 5) is 0. The molecule has 0 N–H and O–H groups in total. The van der Waals surface area contributed by atoms with Crippen molar-refractivity contribution >= 4 is 75.1 Å². The van der Waals surface area contributed by atoms with Crippen LogP contribution in [0.5, 0.6) is 0 Å². The third-order valence-electron chi connectivity index (χ3n) is 9.78. The molecule has 0 aliphatic heterocycles. The Hall–Kier alpha value is -6.66. The van der Waals surface area contributed by atoms with Gasteiger partial charge in [-0.25, -0.2) is 0 Å². The van der Waals surface area contributed by atoms with Gasteiger partial charge in [-0.1, -0.05) is 78.9 Å². The van der Waals surface area contributed by atoms with E-state index in [1.165, 1.54) is 36.5 Å². The van der Waals surface area contributed by atoms with Crippen LogP contribution in [0.25, 0.3) is 86.3 Å². The highest BCUT2D eigenvalue weighted by Crippen LogP contribution is 2.45. The molecular weight excluding hydrogens is 617 g/mol. The van der Waals surface area contributed by atoms with E-state index in [0.717, 1.165) is 49.8 Å². The van der Waals surface area contributed by atoms with Gasteiger partial charge in [-0.15, -0.1) is 11.3 Å². The number of nitrogens with zero attached hydrogens (tertiary/aromatic N) is 4. The molecule has 10 aromatic rings. The molecule has 10 rings (SSSR count). The molecule has 0 amide bonds. The van der Waals surface area contributed by atoms with Gasteiger partial charge >= 0.3 is 0 Å². The lowest BCUT2D eigenvalue weighted by Crippen LogP contribution is -2.01. The predicted octanol–water partition coefficient (Wildman–Crippen LogP) is 11.7. The standard InChI is InChI=1S/C44H24N4S/c45-25-27-17-20-39-34(23-27)35-24-28(26-46)18-21-40(35)47(39)36-13-5-1-9-29(36)30-10-2-6-14-37(30)48-38-15-7-3-12-33(38)43-41(48)22-19-32-31-11-4-8-16-42(31)49-44(32)43/h1-24H. The molecule has 0 fully saturated rings. The zero-order valence-corrected chi connectivity index (χ0v) is 26.9. The van der Waals surface area contributed by atoms with E-state index < -0.39 is 0 Å². The fourth-order valence-corrected chi connectivity index (χ4v) is 8.97. The Morgan fingerprint density at radius 3 is 1.59 bits per heavy atom. The SMILES string of the molecule is N#Cc1ccc2c(c1)c1cc(C#N)ccc1n2-c1ccccc1-c1ccccc1-n1c2ccccc2c2c3sc4ccccc4c3ccc21. The summed E-state index contributed by atoms with van der Waals surface area (Å²) < 4.78 is 7.30. The highest BCUT2D eigenvalue weighted by atomic mass is 32.1. The molecule has 49 heavy (non-hydrogen) atoms. The summed E-state index contributed by atoms with van der Waals surface area (Å²) in [6.45, 7) is 0. The van der Waals surface area contributed by atoms with E-state index in [0.29, 0.717) is 11.1 Å². The van der Waals surface area contributed by atoms with Crippen LogP contribution in [0.15, 0.2) is 146 Å². The van der Waals surface area contributed by atoms with Crippen LogP contribution in [0.2, 0.25) is 0 Å². The molecule has 3 heterocycles. The molecule has 0 spiro atoms. The molecule has 5 heteroatoms. The first-order valence-electron chi connectivity index (χ1n) is 16.1. The van der Waals surface area contributed by atoms with Gasteiger partial charge in [-0.05, 0) is 66.7 Å². The van der Waals surface area contributed by atoms with Crippen molar-refractivity contribution in [3.63, 3.8) is 0 Å². The minimum Gasteiger partial charge on any atom is -0.309 e. The first-order chi connectivity index (χ1) is 24.2. The first-order valence-corrected chi connectivity index (χ1v) is 17.0. The highest BCUT2D eigenvalue weighted by molar-refractivity contribution is 7.26. The summed E-state index contributed by atoms with van der Waals surface area (Å²) in [6.07, 6.45) is 0. The Morgan fingerprint density at radius 2 is 0.939 bits per heavy atom. The van der Waals surface area contributed by atoms with E-state index in [-0.39, 0.29) is 0 Å². The number of thiophene rings is 1. The normalized spacial score (nSPS) is 11.6. The quantitative estimate of drug-likeness (QED) is 0.193. The Labute approximate surface area is 285 Å². The molecule has 0 atom stereocenters. The summed E-state index contributed by atoms with van der Waals surface area (Å²) in [6, 6.07) is 55.4. The molecular formula is C44H24N4S. The van der Waals surface area contributed by atoms with Gasteiger partial charge in [0.25, 0.3) is 0 Å². The van der Waals surface area contributed by atoms with Crippen molar-refractivity contribution in [1.82, 2.24) is 9.13 Å². The first kappa shape index (κ1) is 27.5. The molecule has 0 unspecified atom stereocenters. The number of fused-ring (bicyclic) bond motifs is 10. The largest absolute Gasteiger partial charge is 0.309 e. The van der Waals surface area contributed by atoms with Crippen molar-refractivity contribution in [2.24, 2.45) is 0 Å². The van der Waals surface area contributed by atoms with Gasteiger partial charge in [0, 0.05) is 52.8 Å². The fourth-order valence-electron chi connectivity index (χ4n) is 7.71. The summed E-state index contributed by atoms with van der Waals surface area (Å²) >= 11 is 1.87. The predicted molar refractivity (Wildman–Crippen MR) is 203 cm³/mol. The number of rotatable bonds is 3. The van der Waals surface area contributed by atoms with Crippen LogP contribution in [0, 0.1) is 22.7 Å². The second kappa shape index (κ2) is 10.4. The third kappa shape index (κ3) is 3.88. The molecule has 226 valence electrons. The van der Waals surface area contributed by atoms with Crippen molar-refractivity contribution in [3.8, 4) is 34.6 Å². The third-order valence-corrected chi connectivity index (χ3v) is 11.0. The molecule has 0 saturated heterocycles. The van der Waals surface area contributed by atoms with Crippen molar-refractivity contribution in [3.05, 3.63) is 157 Å². The van der Waals surface area contributed by atoms with E-state index in [2.05, 4.69) is 130 Å². The summed E-state index contributed by atoms with van der Waals surface area (Å²) in [5.74, 6) is 0. The van der Waals surface area contributed by atoms with E-state index >= 15 is 0 Å². The number of nitriles is 2. The second-order valence-electron chi connectivity index (χ2n) is 12.3. The number of aromatic nitrogens is 2. The minimum absolute atomic E-state index is 0.589. The Kier molecular flexibility index (Phi) is 5.84. The van der Waals surface area contributed by atoms with Crippen LogP contribution in [-0.2, 0) is 0 Å². The average molecular weight is 641 g/mol. The van der Waals surface area contributed by atoms with Crippen LogP contribution in [0.3, 0.4) is 0 Å². The Morgan fingerprint density at radius 1 is 0.429 bits per heavy atom. The van der Waals surface area contributed by atoms with Gasteiger partial charge in [0.2, 0.25) is 0 Å².